The van der Waals surface area contributed by atoms with Crippen molar-refractivity contribution in [2.24, 2.45) is 0 Å². The third-order valence-corrected chi connectivity index (χ3v) is 4.14. The predicted molar refractivity (Wildman–Crippen MR) is 102 cm³/mol. The molecule has 28 heavy (non-hydrogen) atoms. The van der Waals surface area contributed by atoms with E-state index in [0.717, 1.165) is 5.56 Å². The largest absolute Gasteiger partial charge is 0.618 e. The number of carbonyl (C=O) groups is 2. The molecule has 0 aliphatic heterocycles. The fraction of sp³-hybridized carbons (Fsp3) is 0.238. The summed E-state index contributed by atoms with van der Waals surface area (Å²) < 4.78 is 11.2. The van der Waals surface area contributed by atoms with Crippen molar-refractivity contribution in [1.82, 2.24) is 4.98 Å². The SMILES string of the molecule is CCOc1ccc2nc(COC(=O)c3cccc(C)c3)c(C(C)=O)[n+]([O-])c2c1. The monoisotopic (exact) mass is 380 g/mol. The second-order valence-corrected chi connectivity index (χ2v) is 6.29. The lowest BCUT2D eigenvalue weighted by molar-refractivity contribution is -0.580. The smallest absolute Gasteiger partial charge is 0.338 e. The average molecular weight is 380 g/mol. The van der Waals surface area contributed by atoms with E-state index in [1.807, 2.05) is 19.9 Å². The Morgan fingerprint density at radius 1 is 1.18 bits per heavy atom. The predicted octanol–water partition coefficient (Wildman–Crippen LogP) is 3.13. The fourth-order valence-corrected chi connectivity index (χ4v) is 2.89. The van der Waals surface area contributed by atoms with E-state index >= 15 is 0 Å². The van der Waals surface area contributed by atoms with Gasteiger partial charge in [0.2, 0.25) is 11.3 Å². The molecule has 7 heteroatoms. The summed E-state index contributed by atoms with van der Waals surface area (Å²) in [5.41, 5.74) is 1.86. The van der Waals surface area contributed by atoms with Crippen LogP contribution < -0.4 is 9.47 Å². The molecule has 0 spiro atoms. The molecule has 0 amide bonds. The molecule has 144 valence electrons. The van der Waals surface area contributed by atoms with Crippen LogP contribution in [0.3, 0.4) is 0 Å². The maximum atomic E-state index is 12.8. The molecule has 0 aliphatic rings. The summed E-state index contributed by atoms with van der Waals surface area (Å²) in [6.45, 7) is 5.14. The highest BCUT2D eigenvalue weighted by molar-refractivity contribution is 5.93. The molecule has 0 fully saturated rings. The summed E-state index contributed by atoms with van der Waals surface area (Å²) >= 11 is 0. The van der Waals surface area contributed by atoms with Crippen molar-refractivity contribution >= 4 is 22.8 Å². The Morgan fingerprint density at radius 2 is 1.96 bits per heavy atom. The standard InChI is InChI=1S/C21H20N2O5/c1-4-27-16-8-9-17-19(11-16)23(26)20(14(3)24)18(22-17)12-28-21(25)15-7-5-6-13(2)10-15/h5-11H,4,12H2,1-3H3. The summed E-state index contributed by atoms with van der Waals surface area (Å²) in [6, 6.07) is 11.8. The van der Waals surface area contributed by atoms with E-state index in [1.54, 1.807) is 30.3 Å². The Morgan fingerprint density at radius 3 is 2.64 bits per heavy atom. The molecule has 0 aliphatic carbocycles. The molecular weight excluding hydrogens is 360 g/mol. The van der Waals surface area contributed by atoms with Crippen molar-refractivity contribution in [3.8, 4) is 5.75 Å². The third kappa shape index (κ3) is 3.93. The highest BCUT2D eigenvalue weighted by Gasteiger charge is 2.24. The lowest BCUT2D eigenvalue weighted by Crippen LogP contribution is -2.37. The average Bonchev–Trinajstić information content (AvgIpc) is 2.66. The van der Waals surface area contributed by atoms with Gasteiger partial charge in [-0.1, -0.05) is 17.7 Å². The van der Waals surface area contributed by atoms with Crippen molar-refractivity contribution in [1.29, 1.82) is 0 Å². The zero-order valence-corrected chi connectivity index (χ0v) is 15.9. The molecule has 1 aromatic heterocycles. The van der Waals surface area contributed by atoms with Gasteiger partial charge in [-0.2, -0.15) is 4.73 Å². The maximum absolute atomic E-state index is 12.8. The van der Waals surface area contributed by atoms with Crippen molar-refractivity contribution < 1.29 is 23.8 Å². The number of ether oxygens (including phenoxy) is 2. The number of carbonyl (C=O) groups excluding carboxylic acids is 2. The van der Waals surface area contributed by atoms with Crippen LogP contribution in [0.5, 0.6) is 5.75 Å². The van der Waals surface area contributed by atoms with Gasteiger partial charge in [0.25, 0.3) is 5.69 Å². The quantitative estimate of drug-likeness (QED) is 0.282. The van der Waals surface area contributed by atoms with Crippen LogP contribution in [0.4, 0.5) is 0 Å². The summed E-state index contributed by atoms with van der Waals surface area (Å²) in [5, 5.41) is 12.8. The Bertz CT molecular complexity index is 1060. The fourth-order valence-electron chi connectivity index (χ4n) is 2.89. The second kappa shape index (κ2) is 8.04. The molecule has 0 N–H and O–H groups in total. The minimum Gasteiger partial charge on any atom is -0.618 e. The molecule has 0 atom stereocenters. The van der Waals surface area contributed by atoms with Crippen LogP contribution in [0.15, 0.2) is 42.5 Å². The molecule has 0 saturated carbocycles. The first-order valence-corrected chi connectivity index (χ1v) is 8.84. The van der Waals surface area contributed by atoms with Gasteiger partial charge in [0.15, 0.2) is 5.69 Å². The zero-order chi connectivity index (χ0) is 20.3. The Labute approximate surface area is 162 Å². The van der Waals surface area contributed by atoms with E-state index in [-0.39, 0.29) is 23.5 Å². The van der Waals surface area contributed by atoms with Crippen LogP contribution in [0.25, 0.3) is 11.0 Å². The van der Waals surface area contributed by atoms with Crippen LogP contribution >= 0.6 is 0 Å². The molecule has 3 rings (SSSR count). The number of fused-ring (bicyclic) bond motifs is 1. The Hall–Kier alpha value is -3.48. The number of hydrogen-bond donors (Lipinski definition) is 0. The highest BCUT2D eigenvalue weighted by Crippen LogP contribution is 2.19. The van der Waals surface area contributed by atoms with Gasteiger partial charge in [-0.15, -0.1) is 0 Å². The van der Waals surface area contributed by atoms with Gasteiger partial charge >= 0.3 is 5.97 Å². The van der Waals surface area contributed by atoms with Crippen LogP contribution in [0, 0.1) is 12.1 Å². The Balaban J connectivity index is 1.95. The molecule has 3 aromatic rings. The molecule has 7 nitrogen and oxygen atoms in total. The van der Waals surface area contributed by atoms with Gasteiger partial charge in [0.1, 0.15) is 17.9 Å². The zero-order valence-electron chi connectivity index (χ0n) is 15.9. The first-order valence-electron chi connectivity index (χ1n) is 8.84. The van der Waals surface area contributed by atoms with Gasteiger partial charge in [0.05, 0.1) is 18.2 Å². The van der Waals surface area contributed by atoms with Crippen molar-refractivity contribution in [3.63, 3.8) is 0 Å². The first-order chi connectivity index (χ1) is 13.4. The van der Waals surface area contributed by atoms with Crippen LogP contribution in [-0.4, -0.2) is 23.3 Å². The minimum absolute atomic E-state index is 0.111. The van der Waals surface area contributed by atoms with E-state index in [1.165, 1.54) is 13.0 Å². The number of nitrogens with zero attached hydrogens (tertiary/aromatic N) is 2. The summed E-state index contributed by atoms with van der Waals surface area (Å²) in [4.78, 5) is 28.7. The maximum Gasteiger partial charge on any atom is 0.338 e. The number of esters is 1. The van der Waals surface area contributed by atoms with Crippen molar-refractivity contribution in [2.45, 2.75) is 27.4 Å². The normalized spacial score (nSPS) is 10.7. The number of aryl methyl sites for hydroxylation is 1. The highest BCUT2D eigenvalue weighted by atomic mass is 16.5. The number of hydrogen-bond acceptors (Lipinski definition) is 6. The van der Waals surface area contributed by atoms with Crippen LogP contribution in [0.2, 0.25) is 0 Å². The van der Waals surface area contributed by atoms with Crippen LogP contribution in [-0.2, 0) is 11.3 Å². The van der Waals surface area contributed by atoms with Gasteiger partial charge in [0, 0.05) is 6.92 Å². The lowest BCUT2D eigenvalue weighted by atomic mass is 10.1. The van der Waals surface area contributed by atoms with E-state index < -0.39 is 11.8 Å². The molecule has 0 saturated heterocycles. The van der Waals surface area contributed by atoms with Crippen LogP contribution in [0.1, 0.15) is 46.0 Å². The number of ketones is 1. The van der Waals surface area contributed by atoms with Gasteiger partial charge < -0.3 is 14.7 Å². The summed E-state index contributed by atoms with van der Waals surface area (Å²) in [6.07, 6.45) is 0. The van der Waals surface area contributed by atoms with E-state index in [9.17, 15) is 14.8 Å². The summed E-state index contributed by atoms with van der Waals surface area (Å²) in [7, 11) is 0. The topological polar surface area (TPSA) is 92.4 Å². The second-order valence-electron chi connectivity index (χ2n) is 6.29. The molecule has 0 unspecified atom stereocenters. The number of rotatable bonds is 6. The molecule has 0 radical (unpaired) electrons. The molecule has 1 heterocycles. The number of Topliss-reactive ketones (excluding diaryl/α,β-unsaturated/α-hetero) is 1. The van der Waals surface area contributed by atoms with E-state index in [0.29, 0.717) is 28.2 Å². The number of aromatic nitrogens is 2. The molecule has 0 bridgehead atoms. The van der Waals surface area contributed by atoms with Gasteiger partial charge in [-0.25, -0.2) is 9.78 Å². The lowest BCUT2D eigenvalue weighted by Gasteiger charge is -2.11. The molecule has 2 aromatic carbocycles. The van der Waals surface area contributed by atoms with Crippen molar-refractivity contribution in [3.05, 3.63) is 70.2 Å². The van der Waals surface area contributed by atoms with Crippen molar-refractivity contribution in [2.75, 3.05) is 6.61 Å². The van der Waals surface area contributed by atoms with E-state index in [2.05, 4.69) is 4.98 Å². The molecular formula is C21H20N2O5. The Kier molecular flexibility index (Phi) is 5.54. The van der Waals surface area contributed by atoms with Gasteiger partial charge in [-0.05, 0) is 38.1 Å². The van der Waals surface area contributed by atoms with Gasteiger partial charge in [-0.3, -0.25) is 4.79 Å². The minimum atomic E-state index is -0.552. The van der Waals surface area contributed by atoms with E-state index in [4.69, 9.17) is 9.47 Å². The first kappa shape index (κ1) is 19.3. The third-order valence-electron chi connectivity index (χ3n) is 4.14. The number of benzene rings is 2. The summed E-state index contributed by atoms with van der Waals surface area (Å²) in [5.74, 6) is -0.508.